The van der Waals surface area contributed by atoms with Crippen LogP contribution in [0.1, 0.15) is 23.1 Å². The van der Waals surface area contributed by atoms with E-state index in [0.29, 0.717) is 16.7 Å². The molecule has 3 rings (SSSR count). The molecule has 13 heteroatoms. The average Bonchev–Trinajstić information content (AvgIpc) is 3.05. The standard InChI is InChI=1S/C32H29BrN2O10/c33-17-26(38)16-24(18-36)28(30(40)41)35(32(43)45-20-23-9-5-2-6-10-23)29(39)27(15-21-11-13-25(37)14-12-21)34-31(42)44-19-22-7-3-1-4-8-22/h1-14,27-28,37H,15-17,19-20H2,(H,34,42)(H,40,41)/t27-,28-/m0/s1. The lowest BCUT2D eigenvalue weighted by molar-refractivity contribution is -0.148. The summed E-state index contributed by atoms with van der Waals surface area (Å²) in [5.41, 5.74) is 0.837. The fraction of sp³-hybridized carbons (Fsp3) is 0.219. The number of hydrogen-bond acceptors (Lipinski definition) is 9. The van der Waals surface area contributed by atoms with Gasteiger partial charge in [0.1, 0.15) is 36.7 Å². The van der Waals surface area contributed by atoms with Crippen LogP contribution >= 0.6 is 15.9 Å². The first kappa shape index (κ1) is 34.2. The van der Waals surface area contributed by atoms with E-state index in [1.165, 1.54) is 30.2 Å². The van der Waals surface area contributed by atoms with Crippen molar-refractivity contribution in [3.63, 3.8) is 0 Å². The number of ketones is 1. The van der Waals surface area contributed by atoms with Gasteiger partial charge in [-0.1, -0.05) is 88.7 Å². The van der Waals surface area contributed by atoms with Gasteiger partial charge in [0.25, 0.3) is 5.91 Å². The third-order valence-corrected chi connectivity index (χ3v) is 6.93. The summed E-state index contributed by atoms with van der Waals surface area (Å²) < 4.78 is 10.5. The summed E-state index contributed by atoms with van der Waals surface area (Å²) in [7, 11) is 0. The second-order valence-electron chi connectivity index (χ2n) is 9.59. The van der Waals surface area contributed by atoms with Gasteiger partial charge in [0.2, 0.25) is 0 Å². The molecule has 0 bridgehead atoms. The lowest BCUT2D eigenvalue weighted by atomic mass is 9.99. The van der Waals surface area contributed by atoms with Crippen LogP contribution in [0, 0.1) is 0 Å². The minimum atomic E-state index is -2.30. The monoisotopic (exact) mass is 680 g/mol. The molecule has 0 aliphatic heterocycles. The third kappa shape index (κ3) is 10.4. The minimum Gasteiger partial charge on any atom is -0.508 e. The molecule has 0 aliphatic rings. The summed E-state index contributed by atoms with van der Waals surface area (Å²) in [5.74, 6) is -2.40. The number of ether oxygens (including phenoxy) is 2. The molecule has 0 spiro atoms. The highest BCUT2D eigenvalue weighted by atomic mass is 79.9. The van der Waals surface area contributed by atoms with Crippen molar-refractivity contribution < 1.29 is 48.5 Å². The number of carbonyl (C=O) groups is 5. The van der Waals surface area contributed by atoms with Gasteiger partial charge in [-0.3, -0.25) is 9.59 Å². The number of hydrogen-bond donors (Lipinski definition) is 3. The third-order valence-electron chi connectivity index (χ3n) is 6.31. The van der Waals surface area contributed by atoms with Gasteiger partial charge in [-0.2, -0.15) is 0 Å². The topological polar surface area (TPSA) is 177 Å². The number of alkyl halides is 1. The number of halogens is 1. The van der Waals surface area contributed by atoms with E-state index >= 15 is 0 Å². The number of Topliss-reactive ketones (excluding diaryl/α,β-unsaturated/α-hetero) is 1. The van der Waals surface area contributed by atoms with E-state index in [1.54, 1.807) is 60.7 Å². The Balaban J connectivity index is 2.00. The summed E-state index contributed by atoms with van der Waals surface area (Å²) in [6.07, 6.45) is -3.56. The van der Waals surface area contributed by atoms with E-state index in [4.69, 9.17) is 9.47 Å². The zero-order chi connectivity index (χ0) is 32.8. The van der Waals surface area contributed by atoms with Crippen LogP contribution in [-0.2, 0) is 48.3 Å². The van der Waals surface area contributed by atoms with Gasteiger partial charge in [-0.05, 0) is 28.8 Å². The summed E-state index contributed by atoms with van der Waals surface area (Å²) in [6.45, 7) is -0.536. The molecule has 234 valence electrons. The van der Waals surface area contributed by atoms with Crippen molar-refractivity contribution in [3.05, 3.63) is 107 Å². The van der Waals surface area contributed by atoms with Crippen molar-refractivity contribution in [2.24, 2.45) is 0 Å². The first-order valence-electron chi connectivity index (χ1n) is 13.5. The number of amides is 3. The first-order chi connectivity index (χ1) is 21.6. The van der Waals surface area contributed by atoms with Crippen molar-refractivity contribution in [2.75, 3.05) is 5.33 Å². The molecule has 2 atom stereocenters. The number of phenols is 1. The molecule has 3 aromatic carbocycles. The number of nitrogens with one attached hydrogen (secondary N) is 1. The number of carboxylic acid groups (broad SMARTS) is 1. The smallest absolute Gasteiger partial charge is 0.418 e. The van der Waals surface area contributed by atoms with E-state index in [0.717, 1.165) is 0 Å². The molecule has 0 unspecified atom stereocenters. The first-order valence-corrected chi connectivity index (χ1v) is 14.6. The Morgan fingerprint density at radius 1 is 0.822 bits per heavy atom. The number of rotatable bonds is 14. The molecule has 0 fully saturated rings. The highest BCUT2D eigenvalue weighted by Gasteiger charge is 2.43. The largest absolute Gasteiger partial charge is 0.508 e. The molecule has 0 saturated carbocycles. The SMILES string of the molecule is O=C=C(CC(=O)CBr)[C@@H](C(=O)O)N(C(=O)OCc1ccccc1)C(=O)[C@H](Cc1ccc(O)cc1)NC(=O)OCc1ccccc1. The number of aromatic hydroxyl groups is 1. The maximum absolute atomic E-state index is 14.1. The van der Waals surface area contributed by atoms with Gasteiger partial charge in [-0.15, -0.1) is 0 Å². The predicted octanol–water partition coefficient (Wildman–Crippen LogP) is 3.96. The van der Waals surface area contributed by atoms with Crippen LogP contribution in [0.5, 0.6) is 5.75 Å². The maximum atomic E-state index is 14.1. The highest BCUT2D eigenvalue weighted by Crippen LogP contribution is 2.20. The maximum Gasteiger partial charge on any atom is 0.418 e. The van der Waals surface area contributed by atoms with Crippen LogP contribution in [0.25, 0.3) is 0 Å². The van der Waals surface area contributed by atoms with Crippen LogP contribution < -0.4 is 5.32 Å². The van der Waals surface area contributed by atoms with Gasteiger partial charge < -0.3 is 25.0 Å². The van der Waals surface area contributed by atoms with Crippen molar-refractivity contribution in [3.8, 4) is 5.75 Å². The quantitative estimate of drug-likeness (QED) is 0.167. The second kappa shape index (κ2) is 17.1. The molecule has 0 aromatic heterocycles. The van der Waals surface area contributed by atoms with Crippen molar-refractivity contribution in [1.29, 1.82) is 0 Å². The highest BCUT2D eigenvalue weighted by molar-refractivity contribution is 9.09. The number of imide groups is 1. The van der Waals surface area contributed by atoms with Crippen LogP contribution in [0.3, 0.4) is 0 Å². The molecule has 12 nitrogen and oxygen atoms in total. The zero-order valence-corrected chi connectivity index (χ0v) is 25.3. The van der Waals surface area contributed by atoms with E-state index in [-0.39, 0.29) is 35.6 Å². The van der Waals surface area contributed by atoms with Crippen LogP contribution in [-0.4, -0.2) is 68.3 Å². The normalized spacial score (nSPS) is 11.7. The Kier molecular flexibility index (Phi) is 13.0. The number of carboxylic acids is 1. The zero-order valence-electron chi connectivity index (χ0n) is 23.8. The predicted molar refractivity (Wildman–Crippen MR) is 163 cm³/mol. The van der Waals surface area contributed by atoms with Crippen molar-refractivity contribution in [2.45, 2.75) is 38.1 Å². The number of aliphatic carboxylic acids is 1. The number of carbonyl (C=O) groups excluding carboxylic acids is 5. The fourth-order valence-electron chi connectivity index (χ4n) is 4.12. The minimum absolute atomic E-state index is 0.0777. The van der Waals surface area contributed by atoms with Gasteiger partial charge in [0.05, 0.1) is 10.9 Å². The van der Waals surface area contributed by atoms with Gasteiger partial charge in [0, 0.05) is 12.8 Å². The summed E-state index contributed by atoms with van der Waals surface area (Å²) in [6, 6.07) is 18.6. The Hall–Kier alpha value is -5.26. The summed E-state index contributed by atoms with van der Waals surface area (Å²) >= 11 is 2.94. The molecular formula is C32H29BrN2O10. The van der Waals surface area contributed by atoms with E-state index < -0.39 is 53.9 Å². The van der Waals surface area contributed by atoms with Crippen LogP contribution in [0.2, 0.25) is 0 Å². The van der Waals surface area contributed by atoms with Crippen LogP contribution in [0.4, 0.5) is 9.59 Å². The van der Waals surface area contributed by atoms with Gasteiger partial charge >= 0.3 is 18.2 Å². The van der Waals surface area contributed by atoms with Crippen LogP contribution in [0.15, 0.2) is 90.5 Å². The lowest BCUT2D eigenvalue weighted by Gasteiger charge is -2.30. The number of benzene rings is 3. The van der Waals surface area contributed by atoms with Crippen molar-refractivity contribution in [1.82, 2.24) is 10.2 Å². The molecule has 0 aliphatic carbocycles. The molecule has 0 saturated heterocycles. The van der Waals surface area contributed by atoms with E-state index in [1.807, 2.05) is 0 Å². The summed E-state index contributed by atoms with van der Waals surface area (Å²) in [4.78, 5) is 77.2. The molecule has 3 N–H and O–H groups in total. The lowest BCUT2D eigenvalue weighted by Crippen LogP contribution is -2.57. The molecule has 3 aromatic rings. The Morgan fingerprint density at radius 3 is 1.89 bits per heavy atom. The van der Waals surface area contributed by atoms with Gasteiger partial charge in [0.15, 0.2) is 6.04 Å². The van der Waals surface area contributed by atoms with Gasteiger partial charge in [-0.25, -0.2) is 24.1 Å². The van der Waals surface area contributed by atoms with E-state index in [9.17, 15) is 39.0 Å². The molecule has 3 amide bonds. The average molecular weight is 681 g/mol. The number of nitrogens with zero attached hydrogens (tertiary/aromatic N) is 1. The molecule has 0 radical (unpaired) electrons. The molecular weight excluding hydrogens is 652 g/mol. The Morgan fingerprint density at radius 2 is 1.38 bits per heavy atom. The van der Waals surface area contributed by atoms with Crippen molar-refractivity contribution >= 4 is 51.7 Å². The molecule has 45 heavy (non-hydrogen) atoms. The Labute approximate surface area is 266 Å². The Bertz CT molecular complexity index is 1540. The van der Waals surface area contributed by atoms with E-state index in [2.05, 4.69) is 21.2 Å². The second-order valence-corrected chi connectivity index (χ2v) is 10.2. The molecule has 0 heterocycles. The number of phenolic OH excluding ortho intramolecular Hbond substituents is 1. The fourth-order valence-corrected chi connectivity index (χ4v) is 4.32. The summed E-state index contributed by atoms with van der Waals surface area (Å²) in [5, 5.41) is 22.0. The number of alkyl carbamates (subject to hydrolysis) is 1.